The van der Waals surface area contributed by atoms with Gasteiger partial charge in [-0.3, -0.25) is 4.79 Å². The monoisotopic (exact) mass is 276 g/mol. The fraction of sp³-hybridized carbons (Fsp3) is 0.182. The van der Waals surface area contributed by atoms with Gasteiger partial charge >= 0.3 is 5.97 Å². The van der Waals surface area contributed by atoms with Crippen LogP contribution in [0.4, 0.5) is 23.4 Å². The van der Waals surface area contributed by atoms with Gasteiger partial charge in [-0.1, -0.05) is 0 Å². The highest BCUT2D eigenvalue weighted by Gasteiger charge is 2.25. The molecule has 102 valence electrons. The van der Waals surface area contributed by atoms with E-state index in [1.165, 1.54) is 0 Å². The molecule has 1 heterocycles. The summed E-state index contributed by atoms with van der Waals surface area (Å²) in [4.78, 5) is 12.7. The van der Waals surface area contributed by atoms with E-state index >= 15 is 0 Å². The van der Waals surface area contributed by atoms with Gasteiger partial charge in [0.2, 0.25) is 0 Å². The van der Waals surface area contributed by atoms with Crippen molar-refractivity contribution < 1.29 is 27.5 Å². The van der Waals surface area contributed by atoms with Crippen molar-refractivity contribution in [2.75, 3.05) is 5.73 Å². The Labute approximate surface area is 103 Å². The molecule has 0 saturated heterocycles. The minimum absolute atomic E-state index is 0.0901. The molecule has 1 aromatic heterocycles. The number of hydrogen-bond acceptors (Lipinski definition) is 2. The number of fused-ring (bicyclic) bond motifs is 1. The van der Waals surface area contributed by atoms with E-state index < -0.39 is 46.6 Å². The van der Waals surface area contributed by atoms with E-state index in [9.17, 15) is 22.4 Å². The average molecular weight is 276 g/mol. The van der Waals surface area contributed by atoms with Gasteiger partial charge in [0.15, 0.2) is 23.3 Å². The molecule has 0 aliphatic carbocycles. The summed E-state index contributed by atoms with van der Waals surface area (Å²) >= 11 is 0. The number of nitrogens with one attached hydrogen (secondary N) is 1. The van der Waals surface area contributed by atoms with E-state index in [0.29, 0.717) is 0 Å². The van der Waals surface area contributed by atoms with E-state index in [1.54, 1.807) is 0 Å². The molecule has 4 nitrogen and oxygen atoms in total. The van der Waals surface area contributed by atoms with Crippen molar-refractivity contribution >= 4 is 22.7 Å². The zero-order valence-corrected chi connectivity index (χ0v) is 9.36. The smallest absolute Gasteiger partial charge is 0.303 e. The van der Waals surface area contributed by atoms with Gasteiger partial charge in [0, 0.05) is 17.4 Å². The first kappa shape index (κ1) is 13.2. The standard InChI is InChI=1S/C11H8F4N2O2/c12-6-5-3(1-2-4(18)19)11(16)17-10(5)9(15)8(14)7(6)13/h17H,1-2,16H2,(H,18,19). The van der Waals surface area contributed by atoms with Crippen molar-refractivity contribution in [3.05, 3.63) is 28.8 Å². The van der Waals surface area contributed by atoms with Crippen LogP contribution in [0.25, 0.3) is 10.9 Å². The molecule has 8 heteroatoms. The third kappa shape index (κ3) is 1.98. The fourth-order valence-corrected chi connectivity index (χ4v) is 1.87. The summed E-state index contributed by atoms with van der Waals surface area (Å²) in [5.74, 6) is -8.50. The lowest BCUT2D eigenvalue weighted by Gasteiger charge is -2.02. The Kier molecular flexibility index (Phi) is 3.09. The highest BCUT2D eigenvalue weighted by molar-refractivity contribution is 5.90. The van der Waals surface area contributed by atoms with Crippen LogP contribution in [0.3, 0.4) is 0 Å². The molecular formula is C11H8F4N2O2. The number of anilines is 1. The summed E-state index contributed by atoms with van der Waals surface area (Å²) in [6.45, 7) is 0. The first-order chi connectivity index (χ1) is 8.84. The number of carboxylic acids is 1. The summed E-state index contributed by atoms with van der Waals surface area (Å²) in [7, 11) is 0. The van der Waals surface area contributed by atoms with Crippen molar-refractivity contribution in [1.82, 2.24) is 4.98 Å². The van der Waals surface area contributed by atoms with Crippen LogP contribution in [0.2, 0.25) is 0 Å². The number of rotatable bonds is 3. The molecule has 0 spiro atoms. The molecule has 2 rings (SSSR count). The molecular weight excluding hydrogens is 268 g/mol. The Hall–Kier alpha value is -2.25. The second-order valence-corrected chi connectivity index (χ2v) is 3.92. The van der Waals surface area contributed by atoms with Gasteiger partial charge in [-0.05, 0) is 6.42 Å². The second kappa shape index (κ2) is 4.45. The van der Waals surface area contributed by atoms with Crippen LogP contribution >= 0.6 is 0 Å². The third-order valence-corrected chi connectivity index (χ3v) is 2.74. The van der Waals surface area contributed by atoms with Crippen molar-refractivity contribution in [3.8, 4) is 0 Å². The molecule has 1 aromatic carbocycles. The zero-order valence-electron chi connectivity index (χ0n) is 9.36. The van der Waals surface area contributed by atoms with Crippen LogP contribution in [0.5, 0.6) is 0 Å². The predicted molar refractivity (Wildman–Crippen MR) is 58.5 cm³/mol. The third-order valence-electron chi connectivity index (χ3n) is 2.74. The Balaban J connectivity index is 2.72. The van der Waals surface area contributed by atoms with E-state index in [-0.39, 0.29) is 17.8 Å². The van der Waals surface area contributed by atoms with Crippen LogP contribution in [-0.2, 0) is 11.2 Å². The Morgan fingerprint density at radius 3 is 2.26 bits per heavy atom. The number of aromatic amines is 1. The number of carbonyl (C=O) groups is 1. The molecule has 0 aliphatic heterocycles. The highest BCUT2D eigenvalue weighted by Crippen LogP contribution is 2.32. The number of benzene rings is 1. The van der Waals surface area contributed by atoms with Crippen molar-refractivity contribution in [2.45, 2.75) is 12.8 Å². The van der Waals surface area contributed by atoms with Crippen molar-refractivity contribution in [2.24, 2.45) is 0 Å². The van der Waals surface area contributed by atoms with Crippen molar-refractivity contribution in [3.63, 3.8) is 0 Å². The number of aromatic nitrogens is 1. The van der Waals surface area contributed by atoms with Gasteiger partial charge in [0.1, 0.15) is 5.82 Å². The number of halogens is 4. The van der Waals surface area contributed by atoms with E-state index in [4.69, 9.17) is 10.8 Å². The molecule has 0 radical (unpaired) electrons. The summed E-state index contributed by atoms with van der Waals surface area (Å²) in [5.41, 5.74) is 4.74. The number of hydrogen-bond donors (Lipinski definition) is 3. The van der Waals surface area contributed by atoms with Crippen molar-refractivity contribution in [1.29, 1.82) is 0 Å². The van der Waals surface area contributed by atoms with Crippen LogP contribution in [0.15, 0.2) is 0 Å². The maximum Gasteiger partial charge on any atom is 0.303 e. The minimum Gasteiger partial charge on any atom is -0.481 e. The number of nitrogen functional groups attached to an aromatic ring is 1. The summed E-state index contributed by atoms with van der Waals surface area (Å²) in [5, 5.41) is 7.98. The van der Waals surface area contributed by atoms with Gasteiger partial charge in [-0.15, -0.1) is 0 Å². The van der Waals surface area contributed by atoms with Gasteiger partial charge in [-0.25, -0.2) is 17.6 Å². The summed E-state index contributed by atoms with van der Waals surface area (Å²) < 4.78 is 53.3. The topological polar surface area (TPSA) is 79.1 Å². The maximum absolute atomic E-state index is 13.6. The lowest BCUT2D eigenvalue weighted by Crippen LogP contribution is -2.01. The number of aliphatic carboxylic acids is 1. The quantitative estimate of drug-likeness (QED) is 0.457. The molecule has 0 aliphatic rings. The second-order valence-electron chi connectivity index (χ2n) is 3.92. The van der Waals surface area contributed by atoms with Crippen LogP contribution in [0.1, 0.15) is 12.0 Å². The predicted octanol–water partition coefficient (Wildman–Crippen LogP) is 2.32. The van der Waals surface area contributed by atoms with Crippen LogP contribution in [-0.4, -0.2) is 16.1 Å². The van der Waals surface area contributed by atoms with Gasteiger partial charge in [0.05, 0.1) is 5.52 Å². The average Bonchev–Trinajstić information content (AvgIpc) is 2.68. The molecule has 19 heavy (non-hydrogen) atoms. The fourth-order valence-electron chi connectivity index (χ4n) is 1.87. The van der Waals surface area contributed by atoms with Gasteiger partial charge in [-0.2, -0.15) is 0 Å². The maximum atomic E-state index is 13.6. The molecule has 2 aromatic rings. The first-order valence-electron chi connectivity index (χ1n) is 5.18. The molecule has 0 atom stereocenters. The molecule has 4 N–H and O–H groups in total. The van der Waals surface area contributed by atoms with E-state index in [2.05, 4.69) is 4.98 Å². The lowest BCUT2D eigenvalue weighted by molar-refractivity contribution is -0.136. The van der Waals surface area contributed by atoms with E-state index in [0.717, 1.165) is 0 Å². The van der Waals surface area contributed by atoms with Crippen LogP contribution in [0, 0.1) is 23.3 Å². The molecule has 0 fully saturated rings. The molecule has 0 bridgehead atoms. The molecule has 0 unspecified atom stereocenters. The van der Waals surface area contributed by atoms with E-state index in [1.807, 2.05) is 0 Å². The Morgan fingerprint density at radius 1 is 1.11 bits per heavy atom. The van der Waals surface area contributed by atoms with Crippen LogP contribution < -0.4 is 5.73 Å². The zero-order chi connectivity index (χ0) is 14.3. The number of H-pyrrole nitrogens is 1. The SMILES string of the molecule is Nc1[nH]c2c(F)c(F)c(F)c(F)c2c1CCC(=O)O. The number of nitrogens with two attached hydrogens (primary N) is 1. The molecule has 0 saturated carbocycles. The normalized spacial score (nSPS) is 11.2. The largest absolute Gasteiger partial charge is 0.481 e. The highest BCUT2D eigenvalue weighted by atomic mass is 19.2. The van der Waals surface area contributed by atoms with Gasteiger partial charge < -0.3 is 15.8 Å². The summed E-state index contributed by atoms with van der Waals surface area (Å²) in [6, 6.07) is 0. The molecule has 0 amide bonds. The first-order valence-corrected chi connectivity index (χ1v) is 5.18. The van der Waals surface area contributed by atoms with Gasteiger partial charge in [0.25, 0.3) is 0 Å². The Morgan fingerprint density at radius 2 is 1.68 bits per heavy atom. The lowest BCUT2D eigenvalue weighted by atomic mass is 10.1. The number of aryl methyl sites for hydroxylation is 1. The Bertz CT molecular complexity index is 681. The minimum atomic E-state index is -1.96. The number of carboxylic acid groups (broad SMARTS) is 1. The summed E-state index contributed by atoms with van der Waals surface area (Å²) in [6.07, 6.45) is -0.639.